The lowest BCUT2D eigenvalue weighted by Gasteiger charge is -2.34. The van der Waals surface area contributed by atoms with Crippen LogP contribution in [-0.4, -0.2) is 50.9 Å². The van der Waals surface area contributed by atoms with E-state index < -0.39 is 28.5 Å². The molecule has 232 valence electrons. The Hall–Kier alpha value is -2.98. The molecule has 0 fully saturated rings. The molecule has 12 heteroatoms. The summed E-state index contributed by atoms with van der Waals surface area (Å²) in [7, 11) is -4.31. The Kier molecular flexibility index (Phi) is 12.6. The summed E-state index contributed by atoms with van der Waals surface area (Å²) in [5.74, 6) is -0.544. The number of amides is 2. The fourth-order valence-electron chi connectivity index (χ4n) is 4.38. The molecular formula is C31H36Cl3N3O5S. The number of halogens is 3. The van der Waals surface area contributed by atoms with Crippen molar-refractivity contribution in [2.24, 2.45) is 5.92 Å². The van der Waals surface area contributed by atoms with E-state index in [0.29, 0.717) is 27.2 Å². The molecule has 0 saturated carbocycles. The highest BCUT2D eigenvalue weighted by Gasteiger charge is 2.35. The lowest BCUT2D eigenvalue weighted by atomic mass is 10.1. The van der Waals surface area contributed by atoms with Gasteiger partial charge < -0.3 is 15.0 Å². The van der Waals surface area contributed by atoms with Crippen LogP contribution in [0.5, 0.6) is 5.75 Å². The number of carbonyl (C=O) groups is 2. The number of rotatable bonds is 14. The summed E-state index contributed by atoms with van der Waals surface area (Å²) < 4.78 is 35.0. The average molecular weight is 669 g/mol. The highest BCUT2D eigenvalue weighted by atomic mass is 35.5. The zero-order valence-corrected chi connectivity index (χ0v) is 27.6. The van der Waals surface area contributed by atoms with Gasteiger partial charge in [0.2, 0.25) is 11.8 Å². The fourth-order valence-corrected chi connectivity index (χ4v) is 6.45. The number of para-hydroxylation sites is 2. The second-order valence-corrected chi connectivity index (χ2v) is 13.3. The summed E-state index contributed by atoms with van der Waals surface area (Å²) in [6.07, 6.45) is 0.261. The third-order valence-corrected chi connectivity index (χ3v) is 9.31. The lowest BCUT2D eigenvalue weighted by molar-refractivity contribution is -0.140. The number of anilines is 1. The summed E-state index contributed by atoms with van der Waals surface area (Å²) in [6.45, 7) is 7.40. The van der Waals surface area contributed by atoms with Crippen molar-refractivity contribution in [1.29, 1.82) is 0 Å². The first-order valence-electron chi connectivity index (χ1n) is 13.9. The van der Waals surface area contributed by atoms with Gasteiger partial charge >= 0.3 is 0 Å². The van der Waals surface area contributed by atoms with Crippen LogP contribution in [-0.2, 0) is 26.2 Å². The first-order valence-corrected chi connectivity index (χ1v) is 16.5. The van der Waals surface area contributed by atoms with Crippen LogP contribution >= 0.6 is 34.8 Å². The van der Waals surface area contributed by atoms with E-state index in [-0.39, 0.29) is 47.7 Å². The molecule has 3 aromatic rings. The van der Waals surface area contributed by atoms with Crippen molar-refractivity contribution >= 4 is 62.3 Å². The molecule has 1 atom stereocenters. The third-order valence-electron chi connectivity index (χ3n) is 6.57. The molecule has 0 spiro atoms. The first-order chi connectivity index (χ1) is 20.4. The molecule has 0 aromatic heterocycles. The summed E-state index contributed by atoms with van der Waals surface area (Å²) >= 11 is 19.0. The van der Waals surface area contributed by atoms with Gasteiger partial charge in [-0.1, -0.05) is 73.8 Å². The maximum Gasteiger partial charge on any atom is 0.264 e. The van der Waals surface area contributed by atoms with Gasteiger partial charge in [-0.3, -0.25) is 13.9 Å². The Bertz CT molecular complexity index is 1500. The zero-order valence-electron chi connectivity index (χ0n) is 24.5. The molecule has 43 heavy (non-hydrogen) atoms. The molecule has 0 aliphatic carbocycles. The van der Waals surface area contributed by atoms with Crippen molar-refractivity contribution in [1.82, 2.24) is 10.2 Å². The highest BCUT2D eigenvalue weighted by molar-refractivity contribution is 7.92. The molecule has 0 bridgehead atoms. The summed E-state index contributed by atoms with van der Waals surface area (Å²) in [4.78, 5) is 28.9. The van der Waals surface area contributed by atoms with E-state index in [1.54, 1.807) is 56.3 Å². The van der Waals surface area contributed by atoms with Gasteiger partial charge in [0.15, 0.2) is 0 Å². The molecule has 0 radical (unpaired) electrons. The van der Waals surface area contributed by atoms with Gasteiger partial charge in [0.25, 0.3) is 10.0 Å². The van der Waals surface area contributed by atoms with Crippen molar-refractivity contribution in [2.45, 2.75) is 51.6 Å². The number of hydrogen-bond acceptors (Lipinski definition) is 5. The van der Waals surface area contributed by atoms with Crippen LogP contribution in [0.15, 0.2) is 71.6 Å². The number of carbonyl (C=O) groups excluding carboxylic acids is 2. The van der Waals surface area contributed by atoms with E-state index in [1.807, 2.05) is 13.8 Å². The van der Waals surface area contributed by atoms with Crippen molar-refractivity contribution in [2.75, 3.05) is 24.0 Å². The Morgan fingerprint density at radius 3 is 2.12 bits per heavy atom. The Morgan fingerprint density at radius 2 is 1.53 bits per heavy atom. The van der Waals surface area contributed by atoms with Crippen molar-refractivity contribution in [3.8, 4) is 5.75 Å². The first kappa shape index (κ1) is 34.5. The van der Waals surface area contributed by atoms with Crippen LogP contribution in [0, 0.1) is 5.92 Å². The van der Waals surface area contributed by atoms with Gasteiger partial charge in [-0.2, -0.15) is 0 Å². The third kappa shape index (κ3) is 8.79. The smallest absolute Gasteiger partial charge is 0.264 e. The average Bonchev–Trinajstić information content (AvgIpc) is 2.96. The maximum atomic E-state index is 14.3. The molecule has 0 aliphatic rings. The molecule has 1 N–H and O–H groups in total. The van der Waals surface area contributed by atoms with E-state index in [4.69, 9.17) is 39.5 Å². The highest BCUT2D eigenvalue weighted by Crippen LogP contribution is 2.34. The van der Waals surface area contributed by atoms with Gasteiger partial charge in [0.1, 0.15) is 18.3 Å². The predicted octanol–water partition coefficient (Wildman–Crippen LogP) is 6.82. The fraction of sp³-hybridized carbons (Fsp3) is 0.355. The van der Waals surface area contributed by atoms with E-state index >= 15 is 0 Å². The number of ether oxygens (including phenoxy) is 1. The van der Waals surface area contributed by atoms with Crippen LogP contribution in [0.3, 0.4) is 0 Å². The van der Waals surface area contributed by atoms with E-state index in [1.165, 1.54) is 29.2 Å². The second kappa shape index (κ2) is 15.7. The van der Waals surface area contributed by atoms with Crippen LogP contribution in [0.25, 0.3) is 0 Å². The van der Waals surface area contributed by atoms with Gasteiger partial charge in [0.05, 0.1) is 17.2 Å². The van der Waals surface area contributed by atoms with E-state index in [0.717, 1.165) is 4.31 Å². The second-order valence-electron chi connectivity index (χ2n) is 10.2. The maximum absolute atomic E-state index is 14.3. The van der Waals surface area contributed by atoms with Crippen LogP contribution in [0.2, 0.25) is 15.1 Å². The van der Waals surface area contributed by atoms with Gasteiger partial charge in [-0.25, -0.2) is 8.42 Å². The number of hydrogen-bond donors (Lipinski definition) is 1. The molecule has 0 aliphatic heterocycles. The number of nitrogens with zero attached hydrogens (tertiary/aromatic N) is 2. The minimum atomic E-state index is -4.31. The lowest BCUT2D eigenvalue weighted by Crippen LogP contribution is -2.52. The molecule has 2 amide bonds. The Balaban J connectivity index is 2.14. The predicted molar refractivity (Wildman–Crippen MR) is 173 cm³/mol. The molecule has 3 rings (SSSR count). The minimum Gasteiger partial charge on any atom is -0.492 e. The zero-order chi connectivity index (χ0) is 31.7. The molecular weight excluding hydrogens is 633 g/mol. The minimum absolute atomic E-state index is 0.0709. The molecule has 8 nitrogen and oxygen atoms in total. The van der Waals surface area contributed by atoms with Crippen molar-refractivity contribution in [3.05, 3.63) is 87.4 Å². The topological polar surface area (TPSA) is 96.0 Å². The van der Waals surface area contributed by atoms with Crippen LogP contribution < -0.4 is 14.4 Å². The number of nitrogens with one attached hydrogen (secondary N) is 1. The summed E-state index contributed by atoms with van der Waals surface area (Å²) in [5, 5.41) is 3.88. The van der Waals surface area contributed by atoms with E-state index in [2.05, 4.69) is 5.32 Å². The molecule has 0 unspecified atom stereocenters. The van der Waals surface area contributed by atoms with Crippen LogP contribution in [0.4, 0.5) is 5.69 Å². The largest absolute Gasteiger partial charge is 0.492 e. The van der Waals surface area contributed by atoms with Crippen LogP contribution in [0.1, 0.15) is 39.7 Å². The summed E-state index contributed by atoms with van der Waals surface area (Å²) in [5.41, 5.74) is 0.608. The Morgan fingerprint density at radius 1 is 0.907 bits per heavy atom. The monoisotopic (exact) mass is 667 g/mol. The number of benzene rings is 3. The van der Waals surface area contributed by atoms with Gasteiger partial charge in [0, 0.05) is 33.7 Å². The van der Waals surface area contributed by atoms with Gasteiger partial charge in [-0.05, 0) is 67.8 Å². The SMILES string of the molecule is CCOc1ccccc1N(CC(=O)N(Cc1c(Cl)cccc1Cl)[C@@H](CC)C(=O)NCC(C)C)S(=O)(=O)c1ccc(Cl)cc1. The number of sulfonamides is 1. The molecule has 0 saturated heterocycles. The van der Waals surface area contributed by atoms with Crippen molar-refractivity contribution < 1.29 is 22.7 Å². The standard InChI is InChI=1S/C31H36Cl3N3O5S/c1-5-27(31(39)35-18-21(3)4)36(19-24-25(33)10-9-11-26(24)34)30(38)20-37(28-12-7-8-13-29(28)42-6-2)43(40,41)23-16-14-22(32)15-17-23/h7-17,21,27H,5-6,18-20H2,1-4H3,(H,35,39)/t27-/m0/s1. The van der Waals surface area contributed by atoms with E-state index in [9.17, 15) is 18.0 Å². The normalized spacial score (nSPS) is 12.1. The Labute approximate surface area is 268 Å². The summed E-state index contributed by atoms with van der Waals surface area (Å²) in [6, 6.07) is 16.2. The molecule has 3 aromatic carbocycles. The van der Waals surface area contributed by atoms with Gasteiger partial charge in [-0.15, -0.1) is 0 Å². The van der Waals surface area contributed by atoms with Crippen molar-refractivity contribution in [3.63, 3.8) is 0 Å². The molecule has 0 heterocycles. The quantitative estimate of drug-likeness (QED) is 0.203.